The van der Waals surface area contributed by atoms with Crippen molar-refractivity contribution in [3.05, 3.63) is 0 Å². The van der Waals surface area contributed by atoms with Crippen LogP contribution in [0.3, 0.4) is 0 Å². The molecule has 0 radical (unpaired) electrons. The minimum Gasteiger partial charge on any atom is -0.391 e. The van der Waals surface area contributed by atoms with Gasteiger partial charge in [0, 0.05) is 25.8 Å². The first-order valence-corrected chi connectivity index (χ1v) is 25.1. The van der Waals surface area contributed by atoms with Crippen LogP contribution in [0, 0.1) is 0 Å². The zero-order chi connectivity index (χ0) is 39.3. The molecule has 1 atom stereocenters. The molecule has 0 aromatic carbocycles. The van der Waals surface area contributed by atoms with Crippen LogP contribution in [0.1, 0.15) is 296 Å². The number of ketones is 1. The quantitative estimate of drug-likeness (QED) is 0.0607. The summed E-state index contributed by atoms with van der Waals surface area (Å²) in [7, 11) is 0. The predicted octanol–water partition coefficient (Wildman–Crippen LogP) is 16.2. The maximum atomic E-state index is 12.2. The van der Waals surface area contributed by atoms with Gasteiger partial charge in [0.2, 0.25) is 5.91 Å². The maximum Gasteiger partial charge on any atom is 0.220 e. The molecule has 4 nitrogen and oxygen atoms in total. The normalized spacial score (nSPS) is 12.1. The Kier molecular flexibility index (Phi) is 45.7. The highest BCUT2D eigenvalue weighted by Gasteiger charge is 2.07. The van der Waals surface area contributed by atoms with Crippen molar-refractivity contribution in [2.45, 2.75) is 302 Å². The molecule has 322 valence electrons. The third kappa shape index (κ3) is 45.5. The summed E-state index contributed by atoms with van der Waals surface area (Å²) >= 11 is 0. The molecule has 0 fully saturated rings. The summed E-state index contributed by atoms with van der Waals surface area (Å²) in [4.78, 5) is 24.4. The van der Waals surface area contributed by atoms with Crippen LogP contribution >= 0.6 is 0 Å². The molecule has 2 N–H and O–H groups in total. The van der Waals surface area contributed by atoms with E-state index in [1.807, 2.05) is 0 Å². The zero-order valence-electron chi connectivity index (χ0n) is 37.2. The molecule has 0 aliphatic heterocycles. The van der Waals surface area contributed by atoms with Crippen LogP contribution in [0.5, 0.6) is 0 Å². The van der Waals surface area contributed by atoms with Gasteiger partial charge in [0.05, 0.1) is 6.10 Å². The van der Waals surface area contributed by atoms with Gasteiger partial charge in [-0.05, 0) is 25.7 Å². The lowest BCUT2D eigenvalue weighted by molar-refractivity contribution is -0.121. The van der Waals surface area contributed by atoms with E-state index in [-0.39, 0.29) is 5.91 Å². The molecule has 0 aliphatic carbocycles. The van der Waals surface area contributed by atoms with Crippen molar-refractivity contribution in [2.24, 2.45) is 0 Å². The smallest absolute Gasteiger partial charge is 0.220 e. The topological polar surface area (TPSA) is 66.4 Å². The lowest BCUT2D eigenvalue weighted by atomic mass is 10.0. The Hall–Kier alpha value is -0.900. The molecular weight excluding hydrogens is 663 g/mol. The average Bonchev–Trinajstić information content (AvgIpc) is 3.17. The van der Waals surface area contributed by atoms with E-state index in [2.05, 4.69) is 19.2 Å². The number of amides is 1. The highest BCUT2D eigenvalue weighted by molar-refractivity contribution is 5.78. The van der Waals surface area contributed by atoms with Crippen molar-refractivity contribution in [3.8, 4) is 0 Å². The highest BCUT2D eigenvalue weighted by Crippen LogP contribution is 2.17. The molecule has 0 saturated carbocycles. The fourth-order valence-electron chi connectivity index (χ4n) is 8.01. The third-order valence-corrected chi connectivity index (χ3v) is 11.8. The summed E-state index contributed by atoms with van der Waals surface area (Å²) in [5.74, 6) is 0.604. The number of unbranched alkanes of at least 4 members (excludes halogenated alkanes) is 37. The number of hydrogen-bond acceptors (Lipinski definition) is 3. The van der Waals surface area contributed by atoms with E-state index in [0.29, 0.717) is 18.7 Å². The molecule has 54 heavy (non-hydrogen) atoms. The van der Waals surface area contributed by atoms with Gasteiger partial charge in [0.25, 0.3) is 0 Å². The molecule has 0 saturated heterocycles. The van der Waals surface area contributed by atoms with Crippen molar-refractivity contribution in [3.63, 3.8) is 0 Å². The standard InChI is InChI=1S/C50H99NO3/c1-3-5-7-9-11-13-15-16-17-18-20-25-29-33-37-41-45-49(53)47-51-50(54)46-42-38-34-30-26-22-19-21-24-28-32-36-40-44-48(52)43-39-35-31-27-23-14-12-10-8-6-4-2/h49,53H,3-47H2,1-2H3,(H,51,54)/t49-/m0/s1. The van der Waals surface area contributed by atoms with Gasteiger partial charge in [-0.25, -0.2) is 0 Å². The summed E-state index contributed by atoms with van der Waals surface area (Å²) in [6, 6.07) is 0. The van der Waals surface area contributed by atoms with Gasteiger partial charge in [0.15, 0.2) is 0 Å². The molecule has 0 spiro atoms. The van der Waals surface area contributed by atoms with Crippen LogP contribution in [0.25, 0.3) is 0 Å². The second kappa shape index (κ2) is 46.5. The van der Waals surface area contributed by atoms with E-state index in [9.17, 15) is 14.7 Å². The summed E-state index contributed by atoms with van der Waals surface area (Å²) in [5.41, 5.74) is 0. The lowest BCUT2D eigenvalue weighted by Gasteiger charge is -2.12. The highest BCUT2D eigenvalue weighted by atomic mass is 16.3. The molecule has 1 amide bonds. The Balaban J connectivity index is 3.29. The van der Waals surface area contributed by atoms with E-state index in [4.69, 9.17) is 0 Å². The minimum atomic E-state index is -0.398. The molecule has 0 aromatic rings. The molecule has 0 unspecified atom stereocenters. The van der Waals surface area contributed by atoms with E-state index < -0.39 is 6.10 Å². The van der Waals surface area contributed by atoms with Crippen LogP contribution in [-0.2, 0) is 9.59 Å². The summed E-state index contributed by atoms with van der Waals surface area (Å²) < 4.78 is 0. The molecule has 0 bridgehead atoms. The maximum absolute atomic E-state index is 12.2. The Bertz CT molecular complexity index is 739. The Morgan fingerprint density at radius 3 is 0.889 bits per heavy atom. The van der Waals surface area contributed by atoms with Crippen molar-refractivity contribution in [2.75, 3.05) is 6.54 Å². The summed E-state index contributed by atoms with van der Waals surface area (Å²) in [6.45, 7) is 4.98. The molecule has 0 aliphatic rings. The first-order chi connectivity index (χ1) is 26.6. The van der Waals surface area contributed by atoms with Gasteiger partial charge in [-0.3, -0.25) is 9.59 Å². The van der Waals surface area contributed by atoms with E-state index >= 15 is 0 Å². The van der Waals surface area contributed by atoms with Crippen LogP contribution in [0.4, 0.5) is 0 Å². The monoisotopic (exact) mass is 762 g/mol. The Labute approximate surface area is 339 Å². The Morgan fingerprint density at radius 1 is 0.352 bits per heavy atom. The number of rotatable bonds is 47. The van der Waals surface area contributed by atoms with E-state index in [1.165, 1.54) is 225 Å². The number of hydrogen-bond donors (Lipinski definition) is 2. The molecular formula is C50H99NO3. The van der Waals surface area contributed by atoms with Gasteiger partial charge in [0.1, 0.15) is 5.78 Å². The third-order valence-electron chi connectivity index (χ3n) is 11.8. The Morgan fingerprint density at radius 2 is 0.593 bits per heavy atom. The van der Waals surface area contributed by atoms with Crippen LogP contribution in [0.15, 0.2) is 0 Å². The number of Topliss-reactive ketones (excluding diaryl/α,β-unsaturated/α-hetero) is 1. The number of aliphatic hydroxyl groups is 1. The van der Waals surface area contributed by atoms with Gasteiger partial charge >= 0.3 is 0 Å². The molecule has 0 heterocycles. The van der Waals surface area contributed by atoms with Crippen LogP contribution < -0.4 is 5.32 Å². The van der Waals surface area contributed by atoms with Crippen LogP contribution in [-0.4, -0.2) is 29.4 Å². The van der Waals surface area contributed by atoms with Gasteiger partial charge in [-0.1, -0.05) is 251 Å². The molecule has 0 rings (SSSR count). The fraction of sp³-hybridized carbons (Fsp3) is 0.960. The first kappa shape index (κ1) is 53.1. The van der Waals surface area contributed by atoms with E-state index in [0.717, 1.165) is 51.4 Å². The SMILES string of the molecule is CCCCCCCCCCCCCCCCCC[C@H](O)CNC(=O)CCCCCCCCCCCCCCCC(=O)CCCCCCCCCCCCC. The van der Waals surface area contributed by atoms with Gasteiger partial charge < -0.3 is 10.4 Å². The second-order valence-electron chi connectivity index (χ2n) is 17.5. The van der Waals surface area contributed by atoms with Crippen molar-refractivity contribution in [1.82, 2.24) is 5.32 Å². The summed E-state index contributed by atoms with van der Waals surface area (Å²) in [5, 5.41) is 13.2. The first-order valence-electron chi connectivity index (χ1n) is 25.1. The predicted molar refractivity (Wildman–Crippen MR) is 239 cm³/mol. The van der Waals surface area contributed by atoms with Crippen molar-refractivity contribution < 1.29 is 14.7 Å². The summed E-state index contributed by atoms with van der Waals surface area (Å²) in [6.07, 6.45) is 55.5. The number of carbonyl (C=O) groups is 2. The number of aliphatic hydroxyl groups excluding tert-OH is 1. The van der Waals surface area contributed by atoms with Crippen LogP contribution in [0.2, 0.25) is 0 Å². The lowest BCUT2D eigenvalue weighted by Crippen LogP contribution is -2.31. The van der Waals surface area contributed by atoms with Gasteiger partial charge in [-0.2, -0.15) is 0 Å². The van der Waals surface area contributed by atoms with E-state index in [1.54, 1.807) is 0 Å². The fourth-order valence-corrected chi connectivity index (χ4v) is 8.01. The average molecular weight is 762 g/mol. The second-order valence-corrected chi connectivity index (χ2v) is 17.5. The number of nitrogens with one attached hydrogen (secondary N) is 1. The van der Waals surface area contributed by atoms with Crippen molar-refractivity contribution >= 4 is 11.7 Å². The van der Waals surface area contributed by atoms with Gasteiger partial charge in [-0.15, -0.1) is 0 Å². The number of carbonyl (C=O) groups excluding carboxylic acids is 2. The zero-order valence-corrected chi connectivity index (χ0v) is 37.2. The minimum absolute atomic E-state index is 0.104. The van der Waals surface area contributed by atoms with Crippen molar-refractivity contribution in [1.29, 1.82) is 0 Å². The molecule has 0 aromatic heterocycles. The molecule has 4 heteroatoms. The largest absolute Gasteiger partial charge is 0.391 e.